The minimum absolute atomic E-state index is 0.106. The number of nitrogens with one attached hydrogen (secondary N) is 1. The van der Waals surface area contributed by atoms with E-state index in [1.807, 2.05) is 0 Å². The van der Waals surface area contributed by atoms with E-state index in [1.165, 1.54) is 12.1 Å². The fraction of sp³-hybridized carbons (Fsp3) is 0.538. The van der Waals surface area contributed by atoms with E-state index in [1.54, 1.807) is 6.92 Å². The third-order valence-corrected chi connectivity index (χ3v) is 5.22. The number of nitro groups is 1. The van der Waals surface area contributed by atoms with E-state index in [4.69, 9.17) is 0 Å². The molecule has 0 aromatic heterocycles. The SMILES string of the molecule is Cc1ccc(S(=O)(=O)NC2CCC(O)CC2)cc1[N+](=O)[O-]. The first-order valence-corrected chi connectivity index (χ1v) is 8.23. The number of benzene rings is 1. The zero-order chi connectivity index (χ0) is 15.6. The molecular formula is C13H18N2O5S. The monoisotopic (exact) mass is 314 g/mol. The van der Waals surface area contributed by atoms with Crippen LogP contribution in [0.1, 0.15) is 31.2 Å². The van der Waals surface area contributed by atoms with Crippen molar-refractivity contribution >= 4 is 15.7 Å². The van der Waals surface area contributed by atoms with Crippen LogP contribution < -0.4 is 4.72 Å². The van der Waals surface area contributed by atoms with Crippen molar-refractivity contribution in [3.63, 3.8) is 0 Å². The Kier molecular flexibility index (Phi) is 4.60. The normalized spacial score (nSPS) is 23.0. The van der Waals surface area contributed by atoms with Gasteiger partial charge in [0.15, 0.2) is 0 Å². The molecule has 1 fully saturated rings. The largest absolute Gasteiger partial charge is 0.393 e. The Labute approximate surface area is 123 Å². The van der Waals surface area contributed by atoms with Crippen molar-refractivity contribution in [2.24, 2.45) is 0 Å². The van der Waals surface area contributed by atoms with Gasteiger partial charge in [0.25, 0.3) is 5.69 Å². The lowest BCUT2D eigenvalue weighted by Gasteiger charge is -2.25. The van der Waals surface area contributed by atoms with Gasteiger partial charge in [0, 0.05) is 17.7 Å². The summed E-state index contributed by atoms with van der Waals surface area (Å²) in [4.78, 5) is 10.2. The fourth-order valence-corrected chi connectivity index (χ4v) is 3.76. The fourth-order valence-electron chi connectivity index (χ4n) is 2.43. The standard InChI is InChI=1S/C13H18N2O5S/c1-9-2-7-12(8-13(9)15(17)18)21(19,20)14-10-3-5-11(16)6-4-10/h2,7-8,10-11,14,16H,3-6H2,1H3. The molecule has 1 aromatic carbocycles. The second-order valence-corrected chi connectivity index (χ2v) is 7.05. The second-order valence-electron chi connectivity index (χ2n) is 5.33. The lowest BCUT2D eigenvalue weighted by Crippen LogP contribution is -2.38. The van der Waals surface area contributed by atoms with E-state index in [2.05, 4.69) is 4.72 Å². The van der Waals surface area contributed by atoms with Gasteiger partial charge in [-0.15, -0.1) is 0 Å². The summed E-state index contributed by atoms with van der Waals surface area (Å²) >= 11 is 0. The lowest BCUT2D eigenvalue weighted by atomic mass is 9.94. The zero-order valence-electron chi connectivity index (χ0n) is 11.7. The Hall–Kier alpha value is -1.51. The third-order valence-electron chi connectivity index (χ3n) is 3.71. The van der Waals surface area contributed by atoms with Crippen LogP contribution in [0.4, 0.5) is 5.69 Å². The average molecular weight is 314 g/mol. The molecule has 2 N–H and O–H groups in total. The molecular weight excluding hydrogens is 296 g/mol. The van der Waals surface area contributed by atoms with Crippen LogP contribution in [0.15, 0.2) is 23.1 Å². The van der Waals surface area contributed by atoms with Crippen molar-refractivity contribution in [3.8, 4) is 0 Å². The molecule has 0 spiro atoms. The summed E-state index contributed by atoms with van der Waals surface area (Å²) < 4.78 is 27.1. The van der Waals surface area contributed by atoms with Crippen LogP contribution in [-0.2, 0) is 10.0 Å². The minimum Gasteiger partial charge on any atom is -0.393 e. The highest BCUT2D eigenvalue weighted by Crippen LogP contribution is 2.24. The van der Waals surface area contributed by atoms with Gasteiger partial charge in [0.1, 0.15) is 0 Å². The molecule has 0 atom stereocenters. The van der Waals surface area contributed by atoms with Gasteiger partial charge in [0.05, 0.1) is 15.9 Å². The maximum absolute atomic E-state index is 12.3. The molecule has 0 saturated heterocycles. The maximum atomic E-state index is 12.3. The van der Waals surface area contributed by atoms with Gasteiger partial charge in [0.2, 0.25) is 10.0 Å². The molecule has 1 aliphatic rings. The smallest absolute Gasteiger partial charge is 0.273 e. The Morgan fingerprint density at radius 1 is 1.29 bits per heavy atom. The van der Waals surface area contributed by atoms with Crippen LogP contribution in [-0.4, -0.2) is 30.6 Å². The summed E-state index contributed by atoms with van der Waals surface area (Å²) in [6, 6.07) is 3.63. The highest BCUT2D eigenvalue weighted by molar-refractivity contribution is 7.89. The molecule has 7 nitrogen and oxygen atoms in total. The second kappa shape index (κ2) is 6.08. The highest BCUT2D eigenvalue weighted by Gasteiger charge is 2.26. The third kappa shape index (κ3) is 3.78. The van der Waals surface area contributed by atoms with Crippen molar-refractivity contribution in [2.45, 2.75) is 49.6 Å². The molecule has 8 heteroatoms. The van der Waals surface area contributed by atoms with Gasteiger partial charge in [-0.3, -0.25) is 10.1 Å². The molecule has 2 rings (SSSR count). The summed E-state index contributed by atoms with van der Waals surface area (Å²) in [6.45, 7) is 1.56. The highest BCUT2D eigenvalue weighted by atomic mass is 32.2. The first-order chi connectivity index (χ1) is 9.79. The number of aliphatic hydroxyl groups excluding tert-OH is 1. The molecule has 116 valence electrons. The van der Waals surface area contributed by atoms with Crippen LogP contribution in [0.5, 0.6) is 0 Å². The molecule has 0 unspecified atom stereocenters. The summed E-state index contributed by atoms with van der Waals surface area (Å²) in [5.74, 6) is 0. The number of aliphatic hydroxyl groups is 1. The molecule has 1 aromatic rings. The topological polar surface area (TPSA) is 110 Å². The summed E-state index contributed by atoms with van der Waals surface area (Å²) in [5, 5.41) is 20.3. The van der Waals surface area contributed by atoms with E-state index in [0.29, 0.717) is 31.2 Å². The quantitative estimate of drug-likeness (QED) is 0.646. The number of nitro benzene ring substituents is 1. The maximum Gasteiger partial charge on any atom is 0.273 e. The van der Waals surface area contributed by atoms with Crippen LogP contribution >= 0.6 is 0 Å². The van der Waals surface area contributed by atoms with Crippen LogP contribution in [0.25, 0.3) is 0 Å². The van der Waals surface area contributed by atoms with E-state index in [0.717, 1.165) is 6.07 Å². The number of hydrogen-bond acceptors (Lipinski definition) is 5. The molecule has 0 radical (unpaired) electrons. The number of sulfonamides is 1. The van der Waals surface area contributed by atoms with Crippen LogP contribution in [0.2, 0.25) is 0 Å². The Bertz CT molecular complexity index is 636. The zero-order valence-corrected chi connectivity index (χ0v) is 12.5. The molecule has 21 heavy (non-hydrogen) atoms. The van der Waals surface area contributed by atoms with Crippen LogP contribution in [0, 0.1) is 17.0 Å². The summed E-state index contributed by atoms with van der Waals surface area (Å²) in [5.41, 5.74) is 0.205. The van der Waals surface area contributed by atoms with Crippen molar-refractivity contribution in [2.75, 3.05) is 0 Å². The van der Waals surface area contributed by atoms with Gasteiger partial charge >= 0.3 is 0 Å². The predicted octanol–water partition coefficient (Wildman–Crippen LogP) is 1.49. The minimum atomic E-state index is -3.79. The van der Waals surface area contributed by atoms with E-state index >= 15 is 0 Å². The van der Waals surface area contributed by atoms with Gasteiger partial charge < -0.3 is 5.11 Å². The Balaban J connectivity index is 2.20. The number of aryl methyl sites for hydroxylation is 1. The molecule has 0 aliphatic heterocycles. The number of rotatable bonds is 4. The van der Waals surface area contributed by atoms with E-state index < -0.39 is 14.9 Å². The van der Waals surface area contributed by atoms with Crippen LogP contribution in [0.3, 0.4) is 0 Å². The molecule has 0 amide bonds. The summed E-state index contributed by atoms with van der Waals surface area (Å²) in [6.07, 6.45) is 1.87. The molecule has 1 saturated carbocycles. The molecule has 0 heterocycles. The Morgan fingerprint density at radius 3 is 2.48 bits per heavy atom. The van der Waals surface area contributed by atoms with Crippen molar-refractivity contribution in [3.05, 3.63) is 33.9 Å². The van der Waals surface area contributed by atoms with Crippen molar-refractivity contribution in [1.82, 2.24) is 4.72 Å². The number of hydrogen-bond donors (Lipinski definition) is 2. The first-order valence-electron chi connectivity index (χ1n) is 6.75. The van der Waals surface area contributed by atoms with Gasteiger partial charge in [-0.2, -0.15) is 0 Å². The lowest BCUT2D eigenvalue weighted by molar-refractivity contribution is -0.385. The molecule has 1 aliphatic carbocycles. The van der Waals surface area contributed by atoms with E-state index in [-0.39, 0.29) is 22.7 Å². The molecule has 0 bridgehead atoms. The summed E-state index contributed by atoms with van der Waals surface area (Å²) in [7, 11) is -3.79. The van der Waals surface area contributed by atoms with Gasteiger partial charge in [-0.1, -0.05) is 6.07 Å². The Morgan fingerprint density at radius 2 is 1.90 bits per heavy atom. The van der Waals surface area contributed by atoms with Crippen molar-refractivity contribution < 1.29 is 18.4 Å². The first kappa shape index (κ1) is 15.9. The predicted molar refractivity (Wildman–Crippen MR) is 76.4 cm³/mol. The van der Waals surface area contributed by atoms with Crippen molar-refractivity contribution in [1.29, 1.82) is 0 Å². The average Bonchev–Trinajstić information content (AvgIpc) is 2.41. The van der Waals surface area contributed by atoms with E-state index in [9.17, 15) is 23.6 Å². The van der Waals surface area contributed by atoms with Gasteiger partial charge in [-0.25, -0.2) is 13.1 Å². The van der Waals surface area contributed by atoms with Gasteiger partial charge in [-0.05, 0) is 38.7 Å². The number of nitrogens with zero attached hydrogens (tertiary/aromatic N) is 1.